The van der Waals surface area contributed by atoms with Gasteiger partial charge in [-0.15, -0.1) is 0 Å². The van der Waals surface area contributed by atoms with Crippen LogP contribution in [0.4, 0.5) is 0 Å². The molecule has 2 nitrogen and oxygen atoms in total. The second kappa shape index (κ2) is 5.64. The van der Waals surface area contributed by atoms with E-state index in [2.05, 4.69) is 0 Å². The van der Waals surface area contributed by atoms with Crippen molar-refractivity contribution >= 4 is 11.8 Å². The van der Waals surface area contributed by atoms with Crippen molar-refractivity contribution in [2.45, 2.75) is 11.5 Å². The zero-order valence-corrected chi connectivity index (χ0v) is 10.2. The molecular weight excluding hydrogens is 232 g/mol. The Kier molecular flexibility index (Phi) is 3.94. The van der Waals surface area contributed by atoms with Crippen molar-refractivity contribution < 1.29 is 10.2 Å². The number of hydrogen-bond donors (Lipinski definition) is 2. The first-order chi connectivity index (χ1) is 8.27. The molecule has 0 bridgehead atoms. The molecule has 2 rings (SSSR count). The highest BCUT2D eigenvalue weighted by Gasteiger charge is 2.02. The van der Waals surface area contributed by atoms with Crippen LogP contribution in [0.25, 0.3) is 0 Å². The molecule has 0 saturated carbocycles. The van der Waals surface area contributed by atoms with Crippen molar-refractivity contribution in [2.75, 3.05) is 0 Å². The van der Waals surface area contributed by atoms with Gasteiger partial charge >= 0.3 is 0 Å². The first-order valence-corrected chi connectivity index (χ1v) is 6.54. The lowest BCUT2D eigenvalue weighted by Crippen LogP contribution is -1.85. The van der Waals surface area contributed by atoms with Gasteiger partial charge in [-0.2, -0.15) is 11.8 Å². The van der Waals surface area contributed by atoms with Gasteiger partial charge in [-0.25, -0.2) is 0 Å². The van der Waals surface area contributed by atoms with Crippen molar-refractivity contribution in [3.63, 3.8) is 0 Å². The van der Waals surface area contributed by atoms with E-state index in [4.69, 9.17) is 0 Å². The molecule has 0 saturated heterocycles. The fourth-order valence-electron chi connectivity index (χ4n) is 1.54. The standard InChI is InChI=1S/C14H14O2S/c15-13-7-3-1-5-11(13)9-17-10-12-6-2-4-8-14(12)16/h1-8,15-16H,9-10H2. The van der Waals surface area contributed by atoms with E-state index < -0.39 is 0 Å². The van der Waals surface area contributed by atoms with Crippen LogP contribution in [0.2, 0.25) is 0 Å². The monoisotopic (exact) mass is 246 g/mol. The molecule has 0 radical (unpaired) electrons. The summed E-state index contributed by atoms with van der Waals surface area (Å²) in [6.07, 6.45) is 0. The number of para-hydroxylation sites is 2. The molecule has 0 aliphatic carbocycles. The minimum atomic E-state index is 0.331. The van der Waals surface area contributed by atoms with Crippen LogP contribution in [0.15, 0.2) is 48.5 Å². The van der Waals surface area contributed by atoms with Crippen LogP contribution in [-0.2, 0) is 11.5 Å². The molecule has 0 aromatic heterocycles. The van der Waals surface area contributed by atoms with Gasteiger partial charge in [0.05, 0.1) is 0 Å². The van der Waals surface area contributed by atoms with Gasteiger partial charge in [0.15, 0.2) is 0 Å². The highest BCUT2D eigenvalue weighted by atomic mass is 32.2. The number of phenols is 2. The van der Waals surface area contributed by atoms with E-state index in [1.165, 1.54) is 0 Å². The lowest BCUT2D eigenvalue weighted by Gasteiger charge is -2.05. The predicted molar refractivity (Wildman–Crippen MR) is 71.2 cm³/mol. The molecule has 0 aliphatic heterocycles. The van der Waals surface area contributed by atoms with Crippen molar-refractivity contribution in [1.29, 1.82) is 0 Å². The summed E-state index contributed by atoms with van der Waals surface area (Å²) in [7, 11) is 0. The summed E-state index contributed by atoms with van der Waals surface area (Å²) in [5, 5.41) is 19.2. The van der Waals surface area contributed by atoms with E-state index in [-0.39, 0.29) is 0 Å². The first-order valence-electron chi connectivity index (χ1n) is 5.39. The van der Waals surface area contributed by atoms with E-state index in [0.29, 0.717) is 11.5 Å². The molecule has 2 aromatic rings. The molecule has 0 atom stereocenters. The number of rotatable bonds is 4. The lowest BCUT2D eigenvalue weighted by atomic mass is 10.2. The predicted octanol–water partition coefficient (Wildman–Crippen LogP) is 3.53. The average Bonchev–Trinajstić information content (AvgIpc) is 2.34. The molecule has 3 heteroatoms. The van der Waals surface area contributed by atoms with Crippen LogP contribution < -0.4 is 0 Å². The zero-order valence-electron chi connectivity index (χ0n) is 9.34. The van der Waals surface area contributed by atoms with E-state index in [1.807, 2.05) is 36.4 Å². The highest BCUT2D eigenvalue weighted by Crippen LogP contribution is 2.26. The second-order valence-electron chi connectivity index (χ2n) is 3.75. The Morgan fingerprint density at radius 3 is 1.53 bits per heavy atom. The maximum absolute atomic E-state index is 9.60. The van der Waals surface area contributed by atoms with Gasteiger partial charge in [-0.1, -0.05) is 36.4 Å². The van der Waals surface area contributed by atoms with Crippen LogP contribution in [0.5, 0.6) is 11.5 Å². The number of phenolic OH excluding ortho intramolecular Hbond substituents is 2. The van der Waals surface area contributed by atoms with Crippen molar-refractivity contribution in [2.24, 2.45) is 0 Å². The van der Waals surface area contributed by atoms with Gasteiger partial charge in [-0.3, -0.25) is 0 Å². The molecule has 2 aromatic carbocycles. The van der Waals surface area contributed by atoms with Gasteiger partial charge in [0, 0.05) is 22.6 Å². The smallest absolute Gasteiger partial charge is 0.119 e. The van der Waals surface area contributed by atoms with Crippen molar-refractivity contribution in [1.82, 2.24) is 0 Å². The third-order valence-corrected chi connectivity index (χ3v) is 3.53. The van der Waals surface area contributed by atoms with Crippen molar-refractivity contribution in [3.8, 4) is 11.5 Å². The minimum Gasteiger partial charge on any atom is -0.508 e. The Morgan fingerprint density at radius 1 is 0.706 bits per heavy atom. The molecule has 0 unspecified atom stereocenters. The molecule has 0 spiro atoms. The molecule has 88 valence electrons. The third-order valence-electron chi connectivity index (χ3n) is 2.50. The van der Waals surface area contributed by atoms with E-state index in [9.17, 15) is 10.2 Å². The number of benzene rings is 2. The summed E-state index contributed by atoms with van der Waals surface area (Å²) in [5.41, 5.74) is 1.85. The molecule has 2 N–H and O–H groups in total. The molecule has 17 heavy (non-hydrogen) atoms. The molecular formula is C14H14O2S. The number of hydrogen-bond acceptors (Lipinski definition) is 3. The largest absolute Gasteiger partial charge is 0.508 e. The normalized spacial score (nSPS) is 10.4. The maximum atomic E-state index is 9.60. The summed E-state index contributed by atoms with van der Waals surface area (Å²) < 4.78 is 0. The Labute approximate surface area is 105 Å². The van der Waals surface area contributed by atoms with Crippen LogP contribution >= 0.6 is 11.8 Å². The highest BCUT2D eigenvalue weighted by molar-refractivity contribution is 7.97. The number of thioether (sulfide) groups is 1. The quantitative estimate of drug-likeness (QED) is 0.867. The van der Waals surface area contributed by atoms with Gasteiger partial charge < -0.3 is 10.2 Å². The van der Waals surface area contributed by atoms with E-state index in [1.54, 1.807) is 23.9 Å². The average molecular weight is 246 g/mol. The lowest BCUT2D eigenvalue weighted by molar-refractivity contribution is 0.470. The zero-order chi connectivity index (χ0) is 12.1. The topological polar surface area (TPSA) is 40.5 Å². The summed E-state index contributed by atoms with van der Waals surface area (Å²) >= 11 is 1.67. The van der Waals surface area contributed by atoms with Crippen LogP contribution in [0.3, 0.4) is 0 Å². The molecule has 0 amide bonds. The first kappa shape index (κ1) is 11.9. The fraction of sp³-hybridized carbons (Fsp3) is 0.143. The third kappa shape index (κ3) is 3.17. The van der Waals surface area contributed by atoms with Crippen molar-refractivity contribution in [3.05, 3.63) is 59.7 Å². The summed E-state index contributed by atoms with van der Waals surface area (Å²) in [4.78, 5) is 0. The van der Waals surface area contributed by atoms with Gasteiger partial charge in [-0.05, 0) is 12.1 Å². The Hall–Kier alpha value is -1.61. The summed E-state index contributed by atoms with van der Waals surface area (Å²) in [5.74, 6) is 2.14. The van der Waals surface area contributed by atoms with E-state index >= 15 is 0 Å². The molecule has 0 aliphatic rings. The second-order valence-corrected chi connectivity index (χ2v) is 4.74. The Morgan fingerprint density at radius 2 is 1.12 bits per heavy atom. The fourth-order valence-corrected chi connectivity index (χ4v) is 2.57. The maximum Gasteiger partial charge on any atom is 0.119 e. The molecule has 0 fully saturated rings. The molecule has 0 heterocycles. The van der Waals surface area contributed by atoms with Crippen LogP contribution in [0, 0.1) is 0 Å². The van der Waals surface area contributed by atoms with Gasteiger partial charge in [0.25, 0.3) is 0 Å². The van der Waals surface area contributed by atoms with Gasteiger partial charge in [0.1, 0.15) is 11.5 Å². The summed E-state index contributed by atoms with van der Waals surface area (Å²) in [6.45, 7) is 0. The van der Waals surface area contributed by atoms with Crippen LogP contribution in [0.1, 0.15) is 11.1 Å². The Balaban J connectivity index is 1.93. The number of aromatic hydroxyl groups is 2. The van der Waals surface area contributed by atoms with Crippen LogP contribution in [-0.4, -0.2) is 10.2 Å². The Bertz CT molecular complexity index is 452. The summed E-state index contributed by atoms with van der Waals surface area (Å²) in [6, 6.07) is 14.6. The SMILES string of the molecule is Oc1ccccc1CSCc1ccccc1O. The van der Waals surface area contributed by atoms with Gasteiger partial charge in [0.2, 0.25) is 0 Å². The van der Waals surface area contributed by atoms with E-state index in [0.717, 1.165) is 22.6 Å². The minimum absolute atomic E-state index is 0.331.